The van der Waals surface area contributed by atoms with Crippen LogP contribution in [0, 0.1) is 15.9 Å². The van der Waals surface area contributed by atoms with E-state index in [4.69, 9.17) is 9.47 Å². The van der Waals surface area contributed by atoms with Crippen LogP contribution in [0.1, 0.15) is 36.6 Å². The van der Waals surface area contributed by atoms with E-state index in [0.717, 1.165) is 17.7 Å². The molecule has 0 radical (unpaired) electrons. The molecule has 36 heavy (non-hydrogen) atoms. The summed E-state index contributed by atoms with van der Waals surface area (Å²) in [5.74, 6) is -0.549. The molecule has 0 N–H and O–H groups in total. The zero-order valence-electron chi connectivity index (χ0n) is 19.8. The Morgan fingerprint density at radius 2 is 2.03 bits per heavy atom. The maximum Gasteiger partial charge on any atom is 0.406 e. The van der Waals surface area contributed by atoms with Crippen LogP contribution in [-0.2, 0) is 13.0 Å². The Labute approximate surface area is 215 Å². The summed E-state index contributed by atoms with van der Waals surface area (Å²) in [6.07, 6.45) is 4.85. The van der Waals surface area contributed by atoms with Gasteiger partial charge in [-0.2, -0.15) is 5.10 Å². The Bertz CT molecular complexity index is 1410. The first-order chi connectivity index (χ1) is 17.3. The number of aryl methyl sites for hydroxylation is 1. The molecule has 0 fully saturated rings. The van der Waals surface area contributed by atoms with Gasteiger partial charge in [-0.1, -0.05) is 6.07 Å². The largest absolute Gasteiger partial charge is 0.481 e. The van der Waals surface area contributed by atoms with Crippen LogP contribution in [0.4, 0.5) is 10.2 Å². The number of pyridine rings is 2. The van der Waals surface area contributed by atoms with E-state index in [-0.39, 0.29) is 5.75 Å². The van der Waals surface area contributed by atoms with Crippen molar-refractivity contribution < 1.29 is 18.8 Å². The molecule has 9 nitrogen and oxygen atoms in total. The molecule has 11 heteroatoms. The topological polar surface area (TPSA) is 105 Å². The number of halogens is 2. The molecule has 4 rings (SSSR count). The fraction of sp³-hybridized carbons (Fsp3) is 0.240. The maximum absolute atomic E-state index is 14.4. The molecule has 4 aromatic rings. The monoisotopic (exact) mass is 555 g/mol. The Morgan fingerprint density at radius 1 is 1.22 bits per heavy atom. The molecule has 186 valence electrons. The van der Waals surface area contributed by atoms with Gasteiger partial charge in [-0.3, -0.25) is 4.68 Å². The van der Waals surface area contributed by atoms with Crippen LogP contribution >= 0.6 is 15.9 Å². The number of hydrogen-bond donors (Lipinski definition) is 0. The van der Waals surface area contributed by atoms with Gasteiger partial charge in [-0.15, -0.1) is 0 Å². The quantitative estimate of drug-likeness (QED) is 0.187. The van der Waals surface area contributed by atoms with Crippen molar-refractivity contribution in [3.63, 3.8) is 0 Å². The molecule has 0 aliphatic heterocycles. The average molecular weight is 556 g/mol. The Balaban J connectivity index is 1.78. The smallest absolute Gasteiger partial charge is 0.406 e. The van der Waals surface area contributed by atoms with E-state index in [0.29, 0.717) is 33.6 Å². The van der Waals surface area contributed by atoms with Gasteiger partial charge < -0.3 is 19.6 Å². The molecular formula is C25H23BrFN5O4. The molecule has 3 heterocycles. The summed E-state index contributed by atoms with van der Waals surface area (Å²) in [6.45, 7) is 4.45. The van der Waals surface area contributed by atoms with Crippen molar-refractivity contribution in [2.24, 2.45) is 0 Å². The molecule has 0 saturated heterocycles. The van der Waals surface area contributed by atoms with Crippen molar-refractivity contribution in [2.45, 2.75) is 32.9 Å². The summed E-state index contributed by atoms with van der Waals surface area (Å²) in [7, 11) is 1.52. The molecule has 0 aliphatic rings. The lowest BCUT2D eigenvalue weighted by molar-refractivity contribution is -0.390. The van der Waals surface area contributed by atoms with Crippen LogP contribution in [0.5, 0.6) is 11.6 Å². The highest BCUT2D eigenvalue weighted by molar-refractivity contribution is 9.10. The molecule has 0 spiro atoms. The highest BCUT2D eigenvalue weighted by Crippen LogP contribution is 2.37. The molecule has 0 unspecified atom stereocenters. The number of nitro groups is 1. The summed E-state index contributed by atoms with van der Waals surface area (Å²) < 4.78 is 28.1. The van der Waals surface area contributed by atoms with Gasteiger partial charge in [0.15, 0.2) is 6.20 Å². The molecule has 0 amide bonds. The van der Waals surface area contributed by atoms with Crippen LogP contribution in [0.3, 0.4) is 0 Å². The van der Waals surface area contributed by atoms with E-state index in [1.165, 1.54) is 31.5 Å². The van der Waals surface area contributed by atoms with E-state index in [9.17, 15) is 14.5 Å². The summed E-state index contributed by atoms with van der Waals surface area (Å²) in [5.41, 5.74) is 3.54. The molecule has 3 aromatic heterocycles. The van der Waals surface area contributed by atoms with Crippen molar-refractivity contribution in [3.8, 4) is 22.9 Å². The van der Waals surface area contributed by atoms with Crippen LogP contribution in [0.25, 0.3) is 11.3 Å². The number of rotatable bonds is 9. The summed E-state index contributed by atoms with van der Waals surface area (Å²) in [6, 6.07) is 9.45. The van der Waals surface area contributed by atoms with Gasteiger partial charge in [0.1, 0.15) is 11.9 Å². The lowest BCUT2D eigenvalue weighted by Gasteiger charge is -2.20. The lowest BCUT2D eigenvalue weighted by Crippen LogP contribution is -2.09. The van der Waals surface area contributed by atoms with Gasteiger partial charge in [0.2, 0.25) is 11.6 Å². The van der Waals surface area contributed by atoms with Crippen molar-refractivity contribution in [1.29, 1.82) is 0 Å². The predicted octanol–water partition coefficient (Wildman–Crippen LogP) is 5.91. The van der Waals surface area contributed by atoms with Crippen molar-refractivity contribution in [1.82, 2.24) is 19.7 Å². The van der Waals surface area contributed by atoms with Crippen molar-refractivity contribution in [2.75, 3.05) is 7.11 Å². The van der Waals surface area contributed by atoms with Gasteiger partial charge >= 0.3 is 5.82 Å². The van der Waals surface area contributed by atoms with Crippen LogP contribution in [0.15, 0.2) is 59.5 Å². The molecule has 0 bridgehead atoms. The van der Waals surface area contributed by atoms with E-state index in [2.05, 4.69) is 31.0 Å². The third-order valence-corrected chi connectivity index (χ3v) is 5.98. The molecule has 1 aromatic carbocycles. The second-order valence-corrected chi connectivity index (χ2v) is 8.88. The fourth-order valence-corrected chi connectivity index (χ4v) is 4.14. The lowest BCUT2D eigenvalue weighted by atomic mass is 9.95. The minimum atomic E-state index is -0.769. The number of methoxy groups -OCH3 is 1. The van der Waals surface area contributed by atoms with Gasteiger partial charge in [-0.25, -0.2) is 9.37 Å². The minimum Gasteiger partial charge on any atom is -0.481 e. The number of ether oxygens (including phenoxy) is 2. The Hall–Kier alpha value is -3.86. The van der Waals surface area contributed by atoms with Gasteiger partial charge in [0, 0.05) is 42.4 Å². The normalized spacial score (nSPS) is 11.8. The standard InChI is InChI=1S/C25H23BrFN5O4/c1-4-31-14-16(12-29-31)9-17-5-8-23(35-3)30-24(17)20-7-6-19(27)11-21(20)15(2)36-22-10-18(26)13-28-25(22)32(33)34/h5-8,10-15H,4,9H2,1-3H3/t15-/m1/s1. The maximum atomic E-state index is 14.4. The molecular weight excluding hydrogens is 533 g/mol. The van der Waals surface area contributed by atoms with Crippen molar-refractivity contribution in [3.05, 3.63) is 92.1 Å². The zero-order valence-corrected chi connectivity index (χ0v) is 21.4. The van der Waals surface area contributed by atoms with E-state index in [1.54, 1.807) is 25.3 Å². The highest BCUT2D eigenvalue weighted by atomic mass is 79.9. The Kier molecular flexibility index (Phi) is 7.58. The second kappa shape index (κ2) is 10.8. The highest BCUT2D eigenvalue weighted by Gasteiger charge is 2.24. The number of hydrogen-bond acceptors (Lipinski definition) is 7. The molecule has 0 saturated carbocycles. The van der Waals surface area contributed by atoms with Crippen LogP contribution in [0.2, 0.25) is 0 Å². The van der Waals surface area contributed by atoms with Gasteiger partial charge in [-0.05, 0) is 69.0 Å². The number of benzene rings is 1. The van der Waals surface area contributed by atoms with Crippen LogP contribution in [-0.4, -0.2) is 31.8 Å². The summed E-state index contributed by atoms with van der Waals surface area (Å²) >= 11 is 3.26. The first kappa shape index (κ1) is 25.2. The Morgan fingerprint density at radius 3 is 2.72 bits per heavy atom. The van der Waals surface area contributed by atoms with E-state index >= 15 is 0 Å². The van der Waals surface area contributed by atoms with Crippen LogP contribution < -0.4 is 9.47 Å². The third-order valence-electron chi connectivity index (χ3n) is 5.55. The second-order valence-electron chi connectivity index (χ2n) is 7.97. The third kappa shape index (κ3) is 5.51. The summed E-state index contributed by atoms with van der Waals surface area (Å²) in [4.78, 5) is 19.3. The SMILES string of the molecule is CCn1cc(Cc2ccc(OC)nc2-c2ccc(F)cc2[C@@H](C)Oc2cc(Br)cnc2[N+](=O)[O-])cn1. The molecule has 1 atom stereocenters. The fourth-order valence-electron chi connectivity index (χ4n) is 3.83. The predicted molar refractivity (Wildman–Crippen MR) is 135 cm³/mol. The first-order valence-corrected chi connectivity index (χ1v) is 11.9. The van der Waals surface area contributed by atoms with Gasteiger partial charge in [0.05, 0.1) is 23.5 Å². The minimum absolute atomic E-state index is 0.0390. The summed E-state index contributed by atoms with van der Waals surface area (Å²) in [5, 5.41) is 15.8. The van der Waals surface area contributed by atoms with E-state index < -0.39 is 22.7 Å². The van der Waals surface area contributed by atoms with Crippen molar-refractivity contribution >= 4 is 21.7 Å². The molecule has 0 aliphatic carbocycles. The van der Waals surface area contributed by atoms with E-state index in [1.807, 2.05) is 23.9 Å². The average Bonchev–Trinajstić information content (AvgIpc) is 3.32. The first-order valence-electron chi connectivity index (χ1n) is 11.1. The zero-order chi connectivity index (χ0) is 25.8. The van der Waals surface area contributed by atoms with Gasteiger partial charge in [0.25, 0.3) is 0 Å². The number of aromatic nitrogens is 4. The number of nitrogens with zero attached hydrogens (tertiary/aromatic N) is 5.